The number of nitriles is 1. The minimum atomic E-state index is -3.72. The van der Waals surface area contributed by atoms with Crippen LogP contribution in [0.15, 0.2) is 126 Å². The molecule has 0 saturated carbocycles. The molecule has 10 heteroatoms. The van der Waals surface area contributed by atoms with Gasteiger partial charge in [0.2, 0.25) is 5.60 Å². The second-order valence-electron chi connectivity index (χ2n) is 12.9. The summed E-state index contributed by atoms with van der Waals surface area (Å²) in [5.74, 6) is -3.37. The van der Waals surface area contributed by atoms with Gasteiger partial charge in [-0.05, 0) is 92.1 Å². The van der Waals surface area contributed by atoms with Crippen molar-refractivity contribution >= 4 is 17.4 Å². The molecule has 0 aliphatic carbocycles. The van der Waals surface area contributed by atoms with Crippen LogP contribution in [0.2, 0.25) is 0 Å². The summed E-state index contributed by atoms with van der Waals surface area (Å²) in [5, 5.41) is 16.1. The van der Waals surface area contributed by atoms with Crippen LogP contribution in [0.1, 0.15) is 48.6 Å². The van der Waals surface area contributed by atoms with Crippen molar-refractivity contribution in [2.45, 2.75) is 43.4 Å². The van der Waals surface area contributed by atoms with Gasteiger partial charge in [-0.2, -0.15) is 14.0 Å². The number of aliphatic imine (C=N–C) groups is 1. The fraction of sp³-hybridized carbons (Fsp3) is 0.220. The number of anilines is 2. The number of hydrogen-bond donors (Lipinski definition) is 2. The van der Waals surface area contributed by atoms with Gasteiger partial charge in [0.1, 0.15) is 34.5 Å². The monoisotopic (exact) mass is 690 g/mol. The first kappa shape index (κ1) is 34.9. The SMILES string of the molecule is COc1ccc(C(NC2=NC(C)(C)C(F)(F)[C@@](C)(c3cc(Nc4ccccc4C#N)ccc3F)O2)(c2ccccc2)c2ccc(OC)cc2)cc1. The van der Waals surface area contributed by atoms with Crippen LogP contribution in [-0.2, 0) is 15.9 Å². The van der Waals surface area contributed by atoms with Crippen LogP contribution < -0.4 is 20.1 Å². The van der Waals surface area contributed by atoms with Gasteiger partial charge in [-0.3, -0.25) is 0 Å². The molecule has 7 nitrogen and oxygen atoms in total. The Balaban J connectivity index is 1.52. The first-order valence-electron chi connectivity index (χ1n) is 16.2. The average Bonchev–Trinajstić information content (AvgIpc) is 3.14. The maximum atomic E-state index is 16.8. The third kappa shape index (κ3) is 6.09. The predicted octanol–water partition coefficient (Wildman–Crippen LogP) is 9.06. The number of para-hydroxylation sites is 1. The summed E-state index contributed by atoms with van der Waals surface area (Å²) < 4.78 is 66.7. The Labute approximate surface area is 295 Å². The zero-order chi connectivity index (χ0) is 36.4. The number of nitrogens with zero attached hydrogens (tertiary/aromatic N) is 2. The summed E-state index contributed by atoms with van der Waals surface area (Å²) in [4.78, 5) is 4.47. The van der Waals surface area contributed by atoms with Crippen LogP contribution >= 0.6 is 0 Å². The van der Waals surface area contributed by atoms with Crippen molar-refractivity contribution in [2.24, 2.45) is 4.99 Å². The molecule has 1 atom stereocenters. The fourth-order valence-electron chi connectivity index (χ4n) is 6.53. The normalized spacial score (nSPS) is 17.7. The molecule has 0 unspecified atom stereocenters. The van der Waals surface area contributed by atoms with Crippen LogP contribution in [0.4, 0.5) is 24.5 Å². The highest BCUT2D eigenvalue weighted by Crippen LogP contribution is 2.53. The van der Waals surface area contributed by atoms with Crippen molar-refractivity contribution in [3.8, 4) is 17.6 Å². The van der Waals surface area contributed by atoms with E-state index in [-0.39, 0.29) is 6.02 Å². The molecule has 2 N–H and O–H groups in total. The maximum Gasteiger partial charge on any atom is 0.315 e. The van der Waals surface area contributed by atoms with Crippen molar-refractivity contribution in [2.75, 3.05) is 19.5 Å². The summed E-state index contributed by atoms with van der Waals surface area (Å²) >= 11 is 0. The molecule has 6 rings (SSSR count). The second-order valence-corrected chi connectivity index (χ2v) is 12.9. The number of nitrogens with one attached hydrogen (secondary N) is 2. The number of alkyl halides is 2. The standard InChI is InChI=1S/C41H37F3N4O3/c1-38(2)41(43,44)39(3,34-25-31(19-24-35(34)42)46-36-14-10-9-11-27(36)26-45)51-37(47-38)48-40(28-12-7-6-8-13-28,29-15-20-32(49-4)21-16-29)30-17-22-33(50-5)23-18-30/h6-25,46H,1-5H3,(H,47,48)/t39-/m1/s1. The quantitative estimate of drug-likeness (QED) is 0.150. The number of amidine groups is 1. The van der Waals surface area contributed by atoms with Crippen LogP contribution in [0, 0.1) is 17.1 Å². The van der Waals surface area contributed by atoms with E-state index < -0.39 is 34.0 Å². The zero-order valence-corrected chi connectivity index (χ0v) is 28.8. The molecule has 0 aromatic heterocycles. The van der Waals surface area contributed by atoms with Crippen molar-refractivity contribution in [1.29, 1.82) is 5.26 Å². The topological polar surface area (TPSA) is 87.9 Å². The molecular formula is C41H37F3N4O3. The van der Waals surface area contributed by atoms with E-state index in [0.29, 0.717) is 28.4 Å². The summed E-state index contributed by atoms with van der Waals surface area (Å²) in [6.07, 6.45) is 0. The lowest BCUT2D eigenvalue weighted by molar-refractivity contribution is -0.217. The van der Waals surface area contributed by atoms with Crippen molar-refractivity contribution in [3.05, 3.63) is 155 Å². The third-order valence-electron chi connectivity index (χ3n) is 9.40. The molecule has 0 saturated heterocycles. The van der Waals surface area contributed by atoms with Gasteiger partial charge in [0.25, 0.3) is 6.02 Å². The summed E-state index contributed by atoms with van der Waals surface area (Å²) in [6.45, 7) is 3.76. The Morgan fingerprint density at radius 2 is 1.29 bits per heavy atom. The van der Waals surface area contributed by atoms with E-state index >= 15 is 13.2 Å². The molecule has 1 heterocycles. The van der Waals surface area contributed by atoms with E-state index in [9.17, 15) is 5.26 Å². The number of rotatable bonds is 9. The maximum absolute atomic E-state index is 16.8. The van der Waals surface area contributed by atoms with Crippen molar-refractivity contribution < 1.29 is 27.4 Å². The van der Waals surface area contributed by atoms with E-state index in [0.717, 1.165) is 22.8 Å². The first-order chi connectivity index (χ1) is 24.4. The Morgan fingerprint density at radius 1 is 0.745 bits per heavy atom. The Kier molecular flexibility index (Phi) is 9.17. The zero-order valence-electron chi connectivity index (χ0n) is 28.8. The molecule has 0 spiro atoms. The van der Waals surface area contributed by atoms with Gasteiger partial charge in [-0.15, -0.1) is 0 Å². The Hall–Kier alpha value is -5.95. The summed E-state index contributed by atoms with van der Waals surface area (Å²) in [5.41, 5.74) is -3.03. The number of methoxy groups -OCH3 is 2. The highest BCUT2D eigenvalue weighted by atomic mass is 19.3. The number of halogens is 3. The summed E-state index contributed by atoms with van der Waals surface area (Å²) in [7, 11) is 3.14. The molecule has 5 aromatic carbocycles. The minimum Gasteiger partial charge on any atom is -0.497 e. The Bertz CT molecular complexity index is 2050. The molecule has 0 fully saturated rings. The van der Waals surface area contributed by atoms with Gasteiger partial charge in [0.15, 0.2) is 0 Å². The van der Waals surface area contributed by atoms with Gasteiger partial charge in [0.05, 0.1) is 25.5 Å². The molecule has 0 bridgehead atoms. The van der Waals surface area contributed by atoms with E-state index in [1.165, 1.54) is 32.9 Å². The lowest BCUT2D eigenvalue weighted by atomic mass is 9.76. The van der Waals surface area contributed by atoms with E-state index in [2.05, 4.69) is 21.7 Å². The van der Waals surface area contributed by atoms with Gasteiger partial charge >= 0.3 is 5.92 Å². The lowest BCUT2D eigenvalue weighted by Gasteiger charge is -2.49. The fourth-order valence-corrected chi connectivity index (χ4v) is 6.53. The highest BCUT2D eigenvalue weighted by molar-refractivity contribution is 5.80. The first-order valence-corrected chi connectivity index (χ1v) is 16.2. The lowest BCUT2D eigenvalue weighted by Crippen LogP contribution is -2.64. The molecule has 0 amide bonds. The van der Waals surface area contributed by atoms with Crippen LogP contribution in [0.3, 0.4) is 0 Å². The van der Waals surface area contributed by atoms with Crippen molar-refractivity contribution in [3.63, 3.8) is 0 Å². The smallest absolute Gasteiger partial charge is 0.315 e. The molecule has 1 aliphatic rings. The van der Waals surface area contributed by atoms with Crippen LogP contribution in [-0.4, -0.2) is 31.7 Å². The van der Waals surface area contributed by atoms with Crippen LogP contribution in [0.5, 0.6) is 11.5 Å². The molecule has 0 radical (unpaired) electrons. The average molecular weight is 691 g/mol. The second kappa shape index (κ2) is 13.4. The Morgan fingerprint density at radius 3 is 1.86 bits per heavy atom. The van der Waals surface area contributed by atoms with Gasteiger partial charge in [-0.1, -0.05) is 66.7 Å². The highest BCUT2D eigenvalue weighted by Gasteiger charge is 2.67. The van der Waals surface area contributed by atoms with Crippen LogP contribution in [0.25, 0.3) is 0 Å². The van der Waals surface area contributed by atoms with E-state index in [1.54, 1.807) is 38.5 Å². The third-order valence-corrected chi connectivity index (χ3v) is 9.40. The summed E-state index contributed by atoms with van der Waals surface area (Å²) in [6, 6.07) is 36.6. The van der Waals surface area contributed by atoms with Gasteiger partial charge < -0.3 is 24.8 Å². The van der Waals surface area contributed by atoms with Gasteiger partial charge in [0, 0.05) is 11.3 Å². The largest absolute Gasteiger partial charge is 0.497 e. The molecule has 5 aromatic rings. The molecule has 260 valence electrons. The molecular weight excluding hydrogens is 653 g/mol. The minimum absolute atomic E-state index is 0.225. The predicted molar refractivity (Wildman–Crippen MR) is 191 cm³/mol. The number of benzene rings is 5. The number of hydrogen-bond acceptors (Lipinski definition) is 7. The van der Waals surface area contributed by atoms with E-state index in [4.69, 9.17) is 14.2 Å². The van der Waals surface area contributed by atoms with Gasteiger partial charge in [-0.25, -0.2) is 9.38 Å². The molecule has 1 aliphatic heterocycles. The van der Waals surface area contributed by atoms with E-state index in [1.807, 2.05) is 78.9 Å². The molecule has 51 heavy (non-hydrogen) atoms. The number of ether oxygens (including phenoxy) is 3. The van der Waals surface area contributed by atoms with Crippen molar-refractivity contribution in [1.82, 2.24) is 5.32 Å².